The van der Waals surface area contributed by atoms with Gasteiger partial charge in [-0.2, -0.15) is 0 Å². The molecule has 1 unspecified atom stereocenters. The second-order valence-corrected chi connectivity index (χ2v) is 6.28. The number of aryl methyl sites for hydroxylation is 3. The summed E-state index contributed by atoms with van der Waals surface area (Å²) in [6.07, 6.45) is 0.844. The quantitative estimate of drug-likeness (QED) is 0.795. The molecule has 4 heteroatoms. The van der Waals surface area contributed by atoms with Crippen molar-refractivity contribution in [2.24, 2.45) is 0 Å². The van der Waals surface area contributed by atoms with Gasteiger partial charge in [0.15, 0.2) is 6.04 Å². The van der Waals surface area contributed by atoms with Gasteiger partial charge in [-0.3, -0.25) is 4.79 Å². The summed E-state index contributed by atoms with van der Waals surface area (Å²) in [5.41, 5.74) is 4.46. The standard InChI is InChI=1S/C17H28N2O.Y/c1-8-15(19(6,7)9-2)17(20)18-16-13(4)10-12(3)11-14(16)5;/h10-11,15H,8-9H2,1-7H3;/p+1. The molecule has 0 aliphatic carbocycles. The number of amides is 1. The zero-order valence-corrected chi connectivity index (χ0v) is 17.4. The summed E-state index contributed by atoms with van der Waals surface area (Å²) in [7, 11) is 4.23. The number of benzene rings is 1. The molecule has 0 bridgehead atoms. The fourth-order valence-corrected chi connectivity index (χ4v) is 2.80. The van der Waals surface area contributed by atoms with E-state index in [9.17, 15) is 4.79 Å². The molecular weight excluding hydrogens is 337 g/mol. The molecule has 0 aliphatic heterocycles. The van der Waals surface area contributed by atoms with Gasteiger partial charge in [-0.1, -0.05) is 24.6 Å². The molecule has 21 heavy (non-hydrogen) atoms. The van der Waals surface area contributed by atoms with Crippen LogP contribution in [0, 0.1) is 20.8 Å². The van der Waals surface area contributed by atoms with Crippen LogP contribution in [0.2, 0.25) is 0 Å². The summed E-state index contributed by atoms with van der Waals surface area (Å²) in [6, 6.07) is 4.22. The van der Waals surface area contributed by atoms with Gasteiger partial charge in [0, 0.05) is 44.8 Å². The Hall–Kier alpha value is -0.246. The Bertz CT molecular complexity index is 475. The summed E-state index contributed by atoms with van der Waals surface area (Å²) in [6.45, 7) is 11.3. The van der Waals surface area contributed by atoms with Crippen LogP contribution in [0.25, 0.3) is 0 Å². The van der Waals surface area contributed by atoms with Gasteiger partial charge in [-0.15, -0.1) is 0 Å². The number of quaternary nitrogens is 1. The average Bonchev–Trinajstić information content (AvgIpc) is 2.34. The second-order valence-electron chi connectivity index (χ2n) is 6.28. The van der Waals surface area contributed by atoms with Gasteiger partial charge < -0.3 is 9.80 Å². The van der Waals surface area contributed by atoms with Crippen molar-refractivity contribution in [3.8, 4) is 0 Å². The molecule has 1 atom stereocenters. The zero-order chi connectivity index (χ0) is 15.5. The van der Waals surface area contributed by atoms with E-state index in [-0.39, 0.29) is 44.7 Å². The first kappa shape index (κ1) is 20.8. The van der Waals surface area contributed by atoms with Crippen LogP contribution >= 0.6 is 0 Å². The van der Waals surface area contributed by atoms with Crippen molar-refractivity contribution in [3.63, 3.8) is 0 Å². The third-order valence-corrected chi connectivity index (χ3v) is 4.27. The van der Waals surface area contributed by atoms with Crippen LogP contribution in [0.4, 0.5) is 5.69 Å². The van der Waals surface area contributed by atoms with Crippen LogP contribution in [0.1, 0.15) is 37.0 Å². The van der Waals surface area contributed by atoms with Gasteiger partial charge in [-0.05, 0) is 38.8 Å². The Morgan fingerprint density at radius 3 is 2.00 bits per heavy atom. The second kappa shape index (κ2) is 8.40. The molecule has 0 fully saturated rings. The van der Waals surface area contributed by atoms with E-state index in [1.54, 1.807) is 0 Å². The molecule has 0 aromatic heterocycles. The van der Waals surface area contributed by atoms with Crippen molar-refractivity contribution in [1.29, 1.82) is 0 Å². The fourth-order valence-electron chi connectivity index (χ4n) is 2.80. The van der Waals surface area contributed by atoms with Crippen molar-refractivity contribution in [1.82, 2.24) is 0 Å². The smallest absolute Gasteiger partial charge is 0.282 e. The molecular formula is C17H29N2OY+. The molecule has 1 aromatic carbocycles. The first-order valence-electron chi connectivity index (χ1n) is 7.44. The van der Waals surface area contributed by atoms with Gasteiger partial charge in [-0.25, -0.2) is 0 Å². The molecule has 0 spiro atoms. The Labute approximate surface area is 155 Å². The number of nitrogens with one attached hydrogen (secondary N) is 1. The third kappa shape index (κ3) is 5.16. The van der Waals surface area contributed by atoms with E-state index in [0.717, 1.165) is 29.8 Å². The van der Waals surface area contributed by atoms with Crippen molar-refractivity contribution in [2.75, 3.05) is 26.0 Å². The van der Waals surface area contributed by atoms with Gasteiger partial charge in [0.1, 0.15) is 0 Å². The number of hydrogen-bond acceptors (Lipinski definition) is 1. The van der Waals surface area contributed by atoms with E-state index in [0.29, 0.717) is 4.48 Å². The summed E-state index contributed by atoms with van der Waals surface area (Å²) in [5.74, 6) is 0.120. The molecule has 3 nitrogen and oxygen atoms in total. The Morgan fingerprint density at radius 2 is 1.62 bits per heavy atom. The zero-order valence-electron chi connectivity index (χ0n) is 14.6. The van der Waals surface area contributed by atoms with E-state index < -0.39 is 0 Å². The van der Waals surface area contributed by atoms with Gasteiger partial charge in [0.05, 0.1) is 20.6 Å². The first-order chi connectivity index (χ1) is 9.22. The minimum atomic E-state index is -0.0138. The largest absolute Gasteiger partial charge is 0.320 e. The molecule has 0 aliphatic rings. The number of likely N-dealkylation sites (N-methyl/N-ethyl adjacent to an activating group) is 1. The van der Waals surface area contributed by atoms with Crippen LogP contribution < -0.4 is 5.32 Å². The molecule has 1 rings (SSSR count). The summed E-state index contributed by atoms with van der Waals surface area (Å²) < 4.78 is 0.715. The Kier molecular flexibility index (Phi) is 8.30. The predicted octanol–water partition coefficient (Wildman–Crippen LogP) is 3.42. The van der Waals surface area contributed by atoms with E-state index >= 15 is 0 Å². The molecule has 1 aromatic rings. The van der Waals surface area contributed by atoms with Crippen LogP contribution in [-0.2, 0) is 37.5 Å². The van der Waals surface area contributed by atoms with Crippen LogP contribution in [0.3, 0.4) is 0 Å². The van der Waals surface area contributed by atoms with E-state index in [4.69, 9.17) is 0 Å². The van der Waals surface area contributed by atoms with Crippen LogP contribution in [0.5, 0.6) is 0 Å². The van der Waals surface area contributed by atoms with Crippen molar-refractivity contribution < 1.29 is 42.0 Å². The van der Waals surface area contributed by atoms with Crippen molar-refractivity contribution >= 4 is 11.6 Å². The average molecular weight is 366 g/mol. The minimum absolute atomic E-state index is 0. The number of nitrogens with zero attached hydrogens (tertiary/aromatic N) is 1. The summed E-state index contributed by atoms with van der Waals surface area (Å²) >= 11 is 0. The van der Waals surface area contributed by atoms with E-state index in [2.05, 4.69) is 66.2 Å². The maximum Gasteiger partial charge on any atom is 0.282 e. The normalized spacial score (nSPS) is 12.5. The Morgan fingerprint density at radius 1 is 1.14 bits per heavy atom. The SMILES string of the molecule is CCC(C(=O)Nc1c(C)cc(C)cc1C)[N+](C)(C)CC.[Y]. The molecule has 1 radical (unpaired) electrons. The molecule has 0 saturated carbocycles. The summed E-state index contributed by atoms with van der Waals surface area (Å²) in [4.78, 5) is 12.6. The van der Waals surface area contributed by atoms with Crippen LogP contribution in [0.15, 0.2) is 12.1 Å². The molecule has 0 saturated heterocycles. The van der Waals surface area contributed by atoms with Crippen LogP contribution in [-0.4, -0.2) is 37.1 Å². The van der Waals surface area contributed by atoms with E-state index in [1.807, 2.05) is 0 Å². The van der Waals surface area contributed by atoms with Crippen molar-refractivity contribution in [3.05, 3.63) is 28.8 Å². The molecule has 0 heterocycles. The molecule has 1 amide bonds. The number of rotatable bonds is 5. The maximum atomic E-state index is 12.6. The monoisotopic (exact) mass is 366 g/mol. The molecule has 1 N–H and O–H groups in total. The minimum Gasteiger partial charge on any atom is -0.320 e. The first-order valence-corrected chi connectivity index (χ1v) is 7.44. The van der Waals surface area contributed by atoms with Gasteiger partial charge in [0.2, 0.25) is 0 Å². The number of hydrogen-bond donors (Lipinski definition) is 1. The van der Waals surface area contributed by atoms with Gasteiger partial charge >= 0.3 is 0 Å². The summed E-state index contributed by atoms with van der Waals surface area (Å²) in [5, 5.41) is 3.14. The van der Waals surface area contributed by atoms with Gasteiger partial charge in [0.25, 0.3) is 5.91 Å². The fraction of sp³-hybridized carbons (Fsp3) is 0.588. The maximum absolute atomic E-state index is 12.6. The number of carbonyl (C=O) groups excluding carboxylic acids is 1. The Balaban J connectivity index is 0.00000400. The topological polar surface area (TPSA) is 29.1 Å². The number of carbonyl (C=O) groups is 1. The van der Waals surface area contributed by atoms with E-state index in [1.165, 1.54) is 5.56 Å². The number of anilines is 1. The predicted molar refractivity (Wildman–Crippen MR) is 86.0 cm³/mol. The molecule has 115 valence electrons. The third-order valence-electron chi connectivity index (χ3n) is 4.27. The van der Waals surface area contributed by atoms with Crippen molar-refractivity contribution in [2.45, 2.75) is 47.1 Å².